The van der Waals surface area contributed by atoms with Crippen molar-refractivity contribution in [2.24, 2.45) is 16.6 Å². The van der Waals surface area contributed by atoms with Crippen molar-refractivity contribution in [3.63, 3.8) is 0 Å². The summed E-state index contributed by atoms with van der Waals surface area (Å²) in [7, 11) is 0. The molecule has 1 amide bonds. The molecule has 2 aliphatic heterocycles. The fraction of sp³-hybridized carbons (Fsp3) is 0.360. The van der Waals surface area contributed by atoms with E-state index >= 15 is 0 Å². The Kier molecular flexibility index (Phi) is 6.97. The number of hydrogen-bond donors (Lipinski definition) is 3. The molecule has 4 rings (SSSR count). The predicted octanol–water partition coefficient (Wildman–Crippen LogP) is 3.36. The van der Waals surface area contributed by atoms with Crippen molar-refractivity contribution >= 4 is 28.7 Å². The summed E-state index contributed by atoms with van der Waals surface area (Å²) in [5.74, 6) is -0.211. The minimum absolute atomic E-state index is 0.0826. The third-order valence-corrected chi connectivity index (χ3v) is 6.13. The second kappa shape index (κ2) is 10.1. The van der Waals surface area contributed by atoms with Gasteiger partial charge in [-0.25, -0.2) is 9.38 Å². The van der Waals surface area contributed by atoms with Gasteiger partial charge in [0, 0.05) is 31.7 Å². The van der Waals surface area contributed by atoms with Gasteiger partial charge in [0.05, 0.1) is 17.1 Å². The highest BCUT2D eigenvalue weighted by Gasteiger charge is 2.25. The third-order valence-electron chi connectivity index (χ3n) is 6.13. The highest BCUT2D eigenvalue weighted by atomic mass is 19.1. The van der Waals surface area contributed by atoms with Crippen LogP contribution in [0.5, 0.6) is 0 Å². The molecule has 7 heteroatoms. The molecule has 32 heavy (non-hydrogen) atoms. The van der Waals surface area contributed by atoms with Crippen LogP contribution in [0.2, 0.25) is 0 Å². The van der Waals surface area contributed by atoms with E-state index < -0.39 is 0 Å². The van der Waals surface area contributed by atoms with E-state index in [2.05, 4.69) is 10.3 Å². The van der Waals surface area contributed by atoms with Crippen molar-refractivity contribution in [1.82, 2.24) is 0 Å². The van der Waals surface area contributed by atoms with Crippen LogP contribution in [0.3, 0.4) is 0 Å². The van der Waals surface area contributed by atoms with E-state index in [1.165, 1.54) is 6.07 Å². The number of carbonyl (C=O) groups excluding carboxylic acids is 1. The lowest BCUT2D eigenvalue weighted by molar-refractivity contribution is -0.110. The number of benzene rings is 2. The van der Waals surface area contributed by atoms with Gasteiger partial charge in [0.25, 0.3) is 5.91 Å². The van der Waals surface area contributed by atoms with Gasteiger partial charge in [-0.05, 0) is 55.5 Å². The lowest BCUT2D eigenvalue weighted by Gasteiger charge is -2.34. The average molecular weight is 437 g/mol. The summed E-state index contributed by atoms with van der Waals surface area (Å²) >= 11 is 0. The molecule has 2 aliphatic rings. The Balaban J connectivity index is 1.49. The summed E-state index contributed by atoms with van der Waals surface area (Å²) < 4.78 is 14.7. The molecule has 1 fully saturated rings. The van der Waals surface area contributed by atoms with Gasteiger partial charge in [-0.3, -0.25) is 4.79 Å². The number of para-hydroxylation sites is 1. The Morgan fingerprint density at radius 3 is 2.75 bits per heavy atom. The van der Waals surface area contributed by atoms with Crippen molar-refractivity contribution < 1.29 is 14.3 Å². The Bertz CT molecular complexity index is 1040. The van der Waals surface area contributed by atoms with Crippen LogP contribution >= 0.6 is 0 Å². The number of allylic oxidation sites excluding steroid dienone is 1. The van der Waals surface area contributed by atoms with E-state index in [9.17, 15) is 9.18 Å². The van der Waals surface area contributed by atoms with Crippen molar-refractivity contribution in [2.75, 3.05) is 36.5 Å². The van der Waals surface area contributed by atoms with E-state index in [0.29, 0.717) is 55.5 Å². The number of halogens is 1. The molecule has 2 aromatic rings. The number of piperidine rings is 1. The van der Waals surface area contributed by atoms with Crippen molar-refractivity contribution in [3.8, 4) is 0 Å². The van der Waals surface area contributed by atoms with Crippen LogP contribution in [0.4, 0.5) is 15.8 Å². The fourth-order valence-electron chi connectivity index (χ4n) is 4.30. The number of carbonyl (C=O) groups is 1. The standard InChI is InChI=1S/C25H29FN4O2/c26-20-5-2-6-22(24(20)30-12-9-18(16-27)10-13-30)29-25(32)23-8-7-21(28-23)19-4-1-3-17(15-19)11-14-31/h1-7,15,18,31H,8-14,16,27H2,(H,29,32). The molecule has 168 valence electrons. The largest absolute Gasteiger partial charge is 0.396 e. The van der Waals surface area contributed by atoms with Crippen LogP contribution in [0, 0.1) is 11.7 Å². The number of rotatable bonds is 7. The van der Waals surface area contributed by atoms with E-state index in [4.69, 9.17) is 10.8 Å². The molecule has 6 nitrogen and oxygen atoms in total. The molecule has 2 aromatic carbocycles. The topological polar surface area (TPSA) is 91.0 Å². The second-order valence-electron chi connectivity index (χ2n) is 8.28. The van der Waals surface area contributed by atoms with Gasteiger partial charge in [0.1, 0.15) is 11.5 Å². The number of amides is 1. The van der Waals surface area contributed by atoms with Crippen molar-refractivity contribution in [3.05, 3.63) is 65.5 Å². The normalized spacial score (nSPS) is 16.7. The number of aliphatic imine (C=N–C) groups is 1. The van der Waals surface area contributed by atoms with Crippen LogP contribution in [0.15, 0.2) is 53.5 Å². The first-order valence-electron chi connectivity index (χ1n) is 11.1. The first-order chi connectivity index (χ1) is 15.6. The van der Waals surface area contributed by atoms with Crippen molar-refractivity contribution in [1.29, 1.82) is 0 Å². The number of nitrogens with one attached hydrogen (secondary N) is 1. The third kappa shape index (κ3) is 4.89. The predicted molar refractivity (Wildman–Crippen MR) is 126 cm³/mol. The van der Waals surface area contributed by atoms with E-state index in [1.54, 1.807) is 12.1 Å². The zero-order valence-corrected chi connectivity index (χ0v) is 18.1. The summed E-state index contributed by atoms with van der Waals surface area (Å²) in [6.07, 6.45) is 4.72. The van der Waals surface area contributed by atoms with Gasteiger partial charge in [-0.2, -0.15) is 0 Å². The Morgan fingerprint density at radius 1 is 1.22 bits per heavy atom. The monoisotopic (exact) mass is 436 g/mol. The SMILES string of the molecule is NCC1CCN(c2c(F)cccc2NC(=O)C2=NC(c3cccc(CCO)c3)=CC2)CC1. The fourth-order valence-corrected chi connectivity index (χ4v) is 4.30. The molecule has 1 saturated heterocycles. The summed E-state index contributed by atoms with van der Waals surface area (Å²) in [5, 5.41) is 12.0. The van der Waals surface area contributed by atoms with Crippen LogP contribution in [0.25, 0.3) is 5.70 Å². The van der Waals surface area contributed by atoms with Gasteiger partial charge >= 0.3 is 0 Å². The number of nitrogens with zero attached hydrogens (tertiary/aromatic N) is 2. The van der Waals surface area contributed by atoms with Gasteiger partial charge < -0.3 is 21.1 Å². The Morgan fingerprint density at radius 2 is 2.00 bits per heavy atom. The molecule has 0 spiro atoms. The Hall–Kier alpha value is -3.03. The van der Waals surface area contributed by atoms with Crippen LogP contribution in [0.1, 0.15) is 30.4 Å². The molecule has 0 aliphatic carbocycles. The zero-order chi connectivity index (χ0) is 22.5. The molecule has 0 atom stereocenters. The van der Waals surface area contributed by atoms with E-state index in [1.807, 2.05) is 35.2 Å². The maximum Gasteiger partial charge on any atom is 0.270 e. The van der Waals surface area contributed by atoms with Gasteiger partial charge in [0.2, 0.25) is 0 Å². The lowest BCUT2D eigenvalue weighted by atomic mass is 9.96. The molecule has 0 bridgehead atoms. The number of anilines is 2. The molecule has 0 radical (unpaired) electrons. The summed E-state index contributed by atoms with van der Waals surface area (Å²) in [6, 6.07) is 12.5. The molecule has 4 N–H and O–H groups in total. The highest BCUT2D eigenvalue weighted by molar-refractivity contribution is 6.45. The van der Waals surface area contributed by atoms with Crippen LogP contribution in [-0.4, -0.2) is 43.0 Å². The summed E-state index contributed by atoms with van der Waals surface area (Å²) in [4.78, 5) is 19.5. The van der Waals surface area contributed by atoms with Crippen LogP contribution in [-0.2, 0) is 11.2 Å². The molecule has 0 aromatic heterocycles. The molecule has 0 saturated carbocycles. The summed E-state index contributed by atoms with van der Waals surface area (Å²) in [6.45, 7) is 2.15. The average Bonchev–Trinajstić information content (AvgIpc) is 3.31. The van der Waals surface area contributed by atoms with Gasteiger partial charge in [-0.15, -0.1) is 0 Å². The van der Waals surface area contributed by atoms with Gasteiger partial charge in [0.15, 0.2) is 0 Å². The van der Waals surface area contributed by atoms with E-state index in [-0.39, 0.29) is 18.3 Å². The first-order valence-corrected chi connectivity index (χ1v) is 11.1. The number of hydrogen-bond acceptors (Lipinski definition) is 5. The maximum atomic E-state index is 14.7. The minimum Gasteiger partial charge on any atom is -0.396 e. The molecule has 2 heterocycles. The quantitative estimate of drug-likeness (QED) is 0.621. The van der Waals surface area contributed by atoms with E-state index in [0.717, 1.165) is 29.7 Å². The lowest BCUT2D eigenvalue weighted by Crippen LogP contribution is -2.37. The maximum absolute atomic E-state index is 14.7. The minimum atomic E-state index is -0.345. The van der Waals surface area contributed by atoms with Crippen LogP contribution < -0.4 is 16.0 Å². The molecule has 0 unspecified atom stereocenters. The second-order valence-corrected chi connectivity index (χ2v) is 8.28. The smallest absolute Gasteiger partial charge is 0.270 e. The first kappa shape index (κ1) is 22.2. The Labute approximate surface area is 187 Å². The van der Waals surface area contributed by atoms with Gasteiger partial charge in [-0.1, -0.05) is 30.3 Å². The number of aliphatic hydroxyl groups is 1. The van der Waals surface area contributed by atoms with Crippen molar-refractivity contribution in [2.45, 2.75) is 25.7 Å². The number of nitrogens with two attached hydrogens (primary N) is 1. The molecular formula is C25H29FN4O2. The highest BCUT2D eigenvalue weighted by Crippen LogP contribution is 2.33. The molecular weight excluding hydrogens is 407 g/mol. The zero-order valence-electron chi connectivity index (χ0n) is 18.1. The number of aliphatic hydroxyl groups excluding tert-OH is 1. The summed E-state index contributed by atoms with van der Waals surface area (Å²) in [5.41, 5.74) is 9.72.